The number of halogens is 2. The quantitative estimate of drug-likeness (QED) is 0.487. The molecule has 0 fully saturated rings. The topological polar surface area (TPSA) is 56.7 Å². The maximum Gasteiger partial charge on any atom is 0.135 e. The third kappa shape index (κ3) is 2.08. The predicted molar refractivity (Wildman–Crippen MR) is 73.2 cm³/mol. The van der Waals surface area contributed by atoms with Crippen LogP contribution in [0, 0.1) is 15.5 Å². The second-order valence-corrected chi connectivity index (χ2v) is 4.32. The smallest absolute Gasteiger partial charge is 0.135 e. The van der Waals surface area contributed by atoms with Crippen molar-refractivity contribution < 1.29 is 0 Å². The van der Waals surface area contributed by atoms with E-state index in [0.29, 0.717) is 18.2 Å². The van der Waals surface area contributed by atoms with E-state index in [4.69, 9.17) is 17.3 Å². The molecule has 0 saturated carbocycles. The van der Waals surface area contributed by atoms with Crippen molar-refractivity contribution in [3.05, 3.63) is 16.0 Å². The van der Waals surface area contributed by atoms with Gasteiger partial charge in [0, 0.05) is 6.20 Å². The van der Waals surface area contributed by atoms with Crippen LogP contribution in [0.4, 0.5) is 5.82 Å². The van der Waals surface area contributed by atoms with Crippen molar-refractivity contribution in [3.63, 3.8) is 0 Å². The van der Waals surface area contributed by atoms with E-state index >= 15 is 0 Å². The number of nitrogen functional groups attached to an aromatic ring is 1. The Labute approximate surface area is 111 Å². The molecular weight excluding hydrogens is 338 g/mol. The molecule has 0 aliphatic carbocycles. The molecule has 2 aromatic rings. The summed E-state index contributed by atoms with van der Waals surface area (Å²) in [4.78, 5) is 4.04. The van der Waals surface area contributed by atoms with Gasteiger partial charge in [-0.15, -0.1) is 11.6 Å². The number of pyridine rings is 1. The van der Waals surface area contributed by atoms with Gasteiger partial charge in [-0.1, -0.05) is 11.8 Å². The Hall–Kier alpha value is -1.00. The van der Waals surface area contributed by atoms with E-state index in [-0.39, 0.29) is 0 Å². The highest BCUT2D eigenvalue weighted by Crippen LogP contribution is 2.23. The van der Waals surface area contributed by atoms with Crippen LogP contribution in [-0.2, 0) is 6.54 Å². The van der Waals surface area contributed by atoms with Crippen LogP contribution in [-0.4, -0.2) is 20.6 Å². The third-order valence-corrected chi connectivity index (χ3v) is 2.96. The van der Waals surface area contributed by atoms with E-state index in [2.05, 4.69) is 44.5 Å². The van der Waals surface area contributed by atoms with Crippen molar-refractivity contribution in [3.8, 4) is 11.8 Å². The lowest BCUT2D eigenvalue weighted by atomic mass is 10.3. The average molecular weight is 347 g/mol. The first-order valence-electron chi connectivity index (χ1n) is 4.52. The highest BCUT2D eigenvalue weighted by molar-refractivity contribution is 14.1. The van der Waals surface area contributed by atoms with Crippen molar-refractivity contribution >= 4 is 50.9 Å². The maximum atomic E-state index is 5.80. The van der Waals surface area contributed by atoms with Gasteiger partial charge in [0.15, 0.2) is 0 Å². The SMILES string of the molecule is Nc1nccc2c1c(I)nn2CC#CCCl. The van der Waals surface area contributed by atoms with Gasteiger partial charge in [0.05, 0.1) is 16.8 Å². The van der Waals surface area contributed by atoms with Gasteiger partial charge in [-0.25, -0.2) is 4.98 Å². The van der Waals surface area contributed by atoms with Crippen LogP contribution in [0.1, 0.15) is 0 Å². The van der Waals surface area contributed by atoms with E-state index < -0.39 is 0 Å². The van der Waals surface area contributed by atoms with Crippen LogP contribution in [0.5, 0.6) is 0 Å². The van der Waals surface area contributed by atoms with Gasteiger partial charge in [-0.3, -0.25) is 4.68 Å². The molecule has 0 aliphatic heterocycles. The molecule has 2 N–H and O–H groups in total. The molecule has 0 spiro atoms. The first kappa shape index (κ1) is 11.5. The van der Waals surface area contributed by atoms with Crippen LogP contribution in [0.25, 0.3) is 10.9 Å². The lowest BCUT2D eigenvalue weighted by Crippen LogP contribution is -1.98. The molecule has 0 atom stereocenters. The summed E-state index contributed by atoms with van der Waals surface area (Å²) >= 11 is 7.62. The number of nitrogens with two attached hydrogens (primary N) is 1. The summed E-state index contributed by atoms with van der Waals surface area (Å²) in [6.45, 7) is 0.510. The lowest BCUT2D eigenvalue weighted by Gasteiger charge is -1.97. The summed E-state index contributed by atoms with van der Waals surface area (Å²) in [5.74, 6) is 6.55. The van der Waals surface area contributed by atoms with E-state index in [9.17, 15) is 0 Å². The molecule has 0 unspecified atom stereocenters. The van der Waals surface area contributed by atoms with Crippen LogP contribution < -0.4 is 5.73 Å². The van der Waals surface area contributed by atoms with Gasteiger partial charge in [0.2, 0.25) is 0 Å². The number of nitrogens with zero attached hydrogens (tertiary/aromatic N) is 3. The number of aromatic nitrogens is 3. The first-order valence-corrected chi connectivity index (χ1v) is 6.13. The zero-order chi connectivity index (χ0) is 11.5. The summed E-state index contributed by atoms with van der Waals surface area (Å²) in [5.41, 5.74) is 6.74. The predicted octanol–water partition coefficient (Wildman–Crippen LogP) is 1.86. The van der Waals surface area contributed by atoms with Crippen molar-refractivity contribution in [1.29, 1.82) is 0 Å². The minimum atomic E-state index is 0.333. The van der Waals surface area contributed by atoms with Crippen LogP contribution >= 0.6 is 34.2 Å². The van der Waals surface area contributed by atoms with Crippen molar-refractivity contribution in [2.24, 2.45) is 0 Å². The largest absolute Gasteiger partial charge is 0.383 e. The highest BCUT2D eigenvalue weighted by atomic mass is 127. The fourth-order valence-electron chi connectivity index (χ4n) is 1.40. The summed E-state index contributed by atoms with van der Waals surface area (Å²) < 4.78 is 2.64. The average Bonchev–Trinajstić information content (AvgIpc) is 2.58. The minimum Gasteiger partial charge on any atom is -0.383 e. The molecule has 2 heterocycles. The Balaban J connectivity index is 2.51. The second kappa shape index (κ2) is 4.89. The fraction of sp³-hybridized carbons (Fsp3) is 0.200. The van der Waals surface area contributed by atoms with Gasteiger partial charge in [-0.05, 0) is 28.7 Å². The van der Waals surface area contributed by atoms with E-state index in [0.717, 1.165) is 14.6 Å². The van der Waals surface area contributed by atoms with Gasteiger partial charge in [0.1, 0.15) is 16.1 Å². The zero-order valence-corrected chi connectivity index (χ0v) is 11.2. The monoisotopic (exact) mass is 346 g/mol. The third-order valence-electron chi connectivity index (χ3n) is 2.07. The van der Waals surface area contributed by atoms with Gasteiger partial charge >= 0.3 is 0 Å². The molecule has 0 amide bonds. The molecule has 16 heavy (non-hydrogen) atoms. The molecular formula is C10H8ClIN4. The lowest BCUT2D eigenvalue weighted by molar-refractivity contribution is 0.734. The number of hydrogen-bond donors (Lipinski definition) is 1. The van der Waals surface area contributed by atoms with Gasteiger partial charge in [-0.2, -0.15) is 5.10 Å². The van der Waals surface area contributed by atoms with E-state index in [1.54, 1.807) is 10.9 Å². The van der Waals surface area contributed by atoms with E-state index in [1.165, 1.54) is 0 Å². The molecule has 82 valence electrons. The highest BCUT2D eigenvalue weighted by Gasteiger charge is 2.10. The van der Waals surface area contributed by atoms with Gasteiger partial charge < -0.3 is 5.73 Å². The first-order chi connectivity index (χ1) is 7.74. The number of fused-ring (bicyclic) bond motifs is 1. The molecule has 2 aromatic heterocycles. The summed E-state index contributed by atoms with van der Waals surface area (Å²) in [6.07, 6.45) is 1.67. The molecule has 4 nitrogen and oxygen atoms in total. The standard InChI is InChI=1S/C10H8ClIN4/c11-4-1-2-6-16-7-3-5-14-10(13)8(7)9(12)15-16/h3,5H,4,6H2,(H2,13,14). The summed E-state index contributed by atoms with van der Waals surface area (Å²) in [6, 6.07) is 1.88. The summed E-state index contributed by atoms with van der Waals surface area (Å²) in [5, 5.41) is 5.25. The maximum absolute atomic E-state index is 5.80. The Morgan fingerprint density at radius 1 is 1.50 bits per heavy atom. The molecule has 0 aliphatic rings. The van der Waals surface area contributed by atoms with Crippen LogP contribution in [0.2, 0.25) is 0 Å². The molecule has 2 rings (SSSR count). The van der Waals surface area contributed by atoms with Crippen molar-refractivity contribution in [1.82, 2.24) is 14.8 Å². The molecule has 0 aromatic carbocycles. The van der Waals surface area contributed by atoms with Gasteiger partial charge in [0.25, 0.3) is 0 Å². The van der Waals surface area contributed by atoms with Crippen LogP contribution in [0.3, 0.4) is 0 Å². The zero-order valence-electron chi connectivity index (χ0n) is 8.24. The molecule has 0 bridgehead atoms. The van der Waals surface area contributed by atoms with Crippen LogP contribution in [0.15, 0.2) is 12.3 Å². The number of hydrogen-bond acceptors (Lipinski definition) is 3. The Kier molecular flexibility index (Phi) is 3.51. The minimum absolute atomic E-state index is 0.333. The normalized spacial score (nSPS) is 10.1. The fourth-order valence-corrected chi connectivity index (χ4v) is 2.31. The Morgan fingerprint density at radius 3 is 3.06 bits per heavy atom. The second-order valence-electron chi connectivity index (χ2n) is 3.03. The molecule has 0 saturated heterocycles. The number of rotatable bonds is 1. The van der Waals surface area contributed by atoms with E-state index in [1.807, 2.05) is 6.07 Å². The summed E-state index contributed by atoms with van der Waals surface area (Å²) in [7, 11) is 0. The van der Waals surface area contributed by atoms with Crippen molar-refractivity contribution in [2.75, 3.05) is 11.6 Å². The Morgan fingerprint density at radius 2 is 2.31 bits per heavy atom. The molecule has 6 heteroatoms. The van der Waals surface area contributed by atoms with Crippen molar-refractivity contribution in [2.45, 2.75) is 6.54 Å². The Bertz CT molecular complexity index is 581. The number of alkyl halides is 1. The molecule has 0 radical (unpaired) electrons. The number of anilines is 1.